The molecule has 9 heteroatoms. The largest absolute Gasteiger partial charge is 0.359 e. The molecule has 4 N–H and O–H groups in total. The van der Waals surface area contributed by atoms with Gasteiger partial charge in [-0.1, -0.05) is 29.8 Å². The molecule has 2 aromatic carbocycles. The fourth-order valence-corrected chi connectivity index (χ4v) is 4.18. The Hall–Kier alpha value is -2.13. The van der Waals surface area contributed by atoms with Gasteiger partial charge in [-0.05, 0) is 37.3 Å². The molecule has 1 aliphatic heterocycles. The van der Waals surface area contributed by atoms with Crippen molar-refractivity contribution < 1.29 is 18.1 Å². The second-order valence-electron chi connectivity index (χ2n) is 6.88. The third-order valence-electron chi connectivity index (χ3n) is 5.03. The van der Waals surface area contributed by atoms with Crippen LogP contribution in [0.2, 0.25) is 5.02 Å². The van der Waals surface area contributed by atoms with E-state index in [9.17, 15) is 13.2 Å². The van der Waals surface area contributed by atoms with Gasteiger partial charge in [-0.2, -0.15) is 0 Å². The molecule has 1 atom stereocenters. The average molecular weight is 424 g/mol. The van der Waals surface area contributed by atoms with Crippen LogP contribution in [0.1, 0.15) is 6.92 Å². The van der Waals surface area contributed by atoms with Crippen LogP contribution in [0.4, 0.5) is 11.4 Å². The van der Waals surface area contributed by atoms with Crippen molar-refractivity contribution in [3.8, 4) is 0 Å². The Balaban J connectivity index is 1.60. The van der Waals surface area contributed by atoms with Gasteiger partial charge in [0.05, 0.1) is 41.8 Å². The molecule has 0 bridgehead atoms. The number of quaternary nitrogens is 1. The van der Waals surface area contributed by atoms with Crippen molar-refractivity contribution in [3.63, 3.8) is 0 Å². The topological polar surface area (TPSA) is 96.9 Å². The van der Waals surface area contributed by atoms with Crippen molar-refractivity contribution in [2.24, 2.45) is 5.14 Å². The van der Waals surface area contributed by atoms with E-state index in [1.54, 1.807) is 12.1 Å². The molecular formula is C19H24ClN4O3S+. The van der Waals surface area contributed by atoms with Crippen LogP contribution in [0.3, 0.4) is 0 Å². The molecule has 0 spiro atoms. The van der Waals surface area contributed by atoms with E-state index in [1.807, 2.05) is 31.2 Å². The summed E-state index contributed by atoms with van der Waals surface area (Å²) in [4.78, 5) is 16.0. The number of sulfonamides is 1. The highest BCUT2D eigenvalue weighted by Gasteiger charge is 2.29. The lowest BCUT2D eigenvalue weighted by Crippen LogP contribution is -3.19. The minimum absolute atomic E-state index is 0.0290. The number of carbonyl (C=O) groups excluding carboxylic acids is 1. The molecular weight excluding hydrogens is 400 g/mol. The molecule has 1 amide bonds. The number of nitrogens with zero attached hydrogens (tertiary/aromatic N) is 1. The highest BCUT2D eigenvalue weighted by Crippen LogP contribution is 2.24. The lowest BCUT2D eigenvalue weighted by Gasteiger charge is -2.36. The zero-order chi connectivity index (χ0) is 20.3. The van der Waals surface area contributed by atoms with Gasteiger partial charge < -0.3 is 15.1 Å². The summed E-state index contributed by atoms with van der Waals surface area (Å²) in [5, 5.41) is 8.66. The zero-order valence-electron chi connectivity index (χ0n) is 15.6. The molecule has 1 aliphatic rings. The smallest absolute Gasteiger partial charge is 0.282 e. The molecule has 1 saturated heterocycles. The highest BCUT2D eigenvalue weighted by molar-refractivity contribution is 7.89. The molecule has 0 aromatic heterocycles. The molecule has 150 valence electrons. The van der Waals surface area contributed by atoms with Crippen LogP contribution in [-0.4, -0.2) is 46.5 Å². The van der Waals surface area contributed by atoms with Gasteiger partial charge in [0.1, 0.15) is 0 Å². The number of nitrogens with two attached hydrogens (primary N) is 1. The summed E-state index contributed by atoms with van der Waals surface area (Å²) in [5.41, 5.74) is 1.43. The van der Waals surface area contributed by atoms with Crippen molar-refractivity contribution >= 4 is 38.9 Å². The van der Waals surface area contributed by atoms with Crippen molar-refractivity contribution in [2.75, 3.05) is 36.4 Å². The number of anilines is 2. The van der Waals surface area contributed by atoms with E-state index in [0.717, 1.165) is 36.9 Å². The van der Waals surface area contributed by atoms with Gasteiger partial charge in [0.15, 0.2) is 6.04 Å². The first-order valence-electron chi connectivity index (χ1n) is 9.03. The third-order valence-corrected chi connectivity index (χ3v) is 6.27. The number of piperazine rings is 1. The summed E-state index contributed by atoms with van der Waals surface area (Å²) < 4.78 is 22.9. The normalized spacial score (nSPS) is 16.6. The van der Waals surface area contributed by atoms with Gasteiger partial charge >= 0.3 is 0 Å². The van der Waals surface area contributed by atoms with E-state index in [-0.39, 0.29) is 16.8 Å². The van der Waals surface area contributed by atoms with E-state index < -0.39 is 10.0 Å². The zero-order valence-corrected chi connectivity index (χ0v) is 17.1. The summed E-state index contributed by atoms with van der Waals surface area (Å²) >= 11 is 6.28. The molecule has 1 heterocycles. The quantitative estimate of drug-likeness (QED) is 0.660. The van der Waals surface area contributed by atoms with Crippen LogP contribution < -0.4 is 20.3 Å². The monoisotopic (exact) mass is 423 g/mol. The first kappa shape index (κ1) is 20.6. The van der Waals surface area contributed by atoms with Crippen LogP contribution in [-0.2, 0) is 14.8 Å². The molecule has 0 radical (unpaired) electrons. The maximum absolute atomic E-state index is 12.6. The number of nitrogens with one attached hydrogen (secondary N) is 2. The lowest BCUT2D eigenvalue weighted by atomic mass is 10.2. The summed E-state index contributed by atoms with van der Waals surface area (Å²) in [6, 6.07) is 13.4. The first-order chi connectivity index (χ1) is 13.3. The second-order valence-corrected chi connectivity index (χ2v) is 8.85. The number of carbonyl (C=O) groups is 1. The van der Waals surface area contributed by atoms with Crippen molar-refractivity contribution in [1.29, 1.82) is 0 Å². The van der Waals surface area contributed by atoms with E-state index in [0.29, 0.717) is 5.69 Å². The van der Waals surface area contributed by atoms with Crippen LogP contribution in [0.15, 0.2) is 53.4 Å². The Labute approximate surface area is 170 Å². The fourth-order valence-electron chi connectivity index (χ4n) is 3.36. The molecule has 0 saturated carbocycles. The number of rotatable bonds is 5. The Morgan fingerprint density at radius 3 is 2.50 bits per heavy atom. The predicted octanol–water partition coefficient (Wildman–Crippen LogP) is 0.720. The van der Waals surface area contributed by atoms with E-state index in [2.05, 4.69) is 10.2 Å². The maximum atomic E-state index is 12.6. The lowest BCUT2D eigenvalue weighted by molar-refractivity contribution is -0.914. The number of halogens is 1. The Bertz CT molecular complexity index is 959. The number of hydrogen-bond acceptors (Lipinski definition) is 4. The fraction of sp³-hybridized carbons (Fsp3) is 0.316. The third kappa shape index (κ3) is 4.82. The summed E-state index contributed by atoms with van der Waals surface area (Å²) in [7, 11) is -3.81. The Kier molecular flexibility index (Phi) is 6.24. The van der Waals surface area contributed by atoms with Crippen LogP contribution in [0.5, 0.6) is 0 Å². The van der Waals surface area contributed by atoms with Gasteiger partial charge in [0.2, 0.25) is 10.0 Å². The molecule has 3 rings (SSSR count). The van der Waals surface area contributed by atoms with Gasteiger partial charge in [-0.25, -0.2) is 13.6 Å². The molecule has 0 unspecified atom stereocenters. The second kappa shape index (κ2) is 8.48. The first-order valence-corrected chi connectivity index (χ1v) is 11.0. The minimum Gasteiger partial charge on any atom is -0.359 e. The van der Waals surface area contributed by atoms with Crippen molar-refractivity contribution in [1.82, 2.24) is 0 Å². The number of primary sulfonamides is 1. The SMILES string of the molecule is C[C@@H](C(=O)Nc1cccc(S(N)(=O)=O)c1)[NH+]1CCN(c2ccccc2Cl)CC1. The molecule has 2 aromatic rings. The number of amides is 1. The van der Waals surface area contributed by atoms with Crippen molar-refractivity contribution in [3.05, 3.63) is 53.6 Å². The average Bonchev–Trinajstić information content (AvgIpc) is 2.67. The van der Waals surface area contributed by atoms with Crippen LogP contribution in [0.25, 0.3) is 0 Å². The standard InChI is InChI=1S/C19H23ClN4O3S/c1-14(19(25)22-15-5-4-6-16(13-15)28(21,26)27)23-9-11-24(12-10-23)18-8-3-2-7-17(18)20/h2-8,13-14H,9-12H2,1H3,(H,22,25)(H2,21,26,27)/p+1/t14-/m0/s1. The van der Waals surface area contributed by atoms with Gasteiger partial charge in [-0.15, -0.1) is 0 Å². The number of para-hydroxylation sites is 1. The van der Waals surface area contributed by atoms with Gasteiger partial charge in [0, 0.05) is 5.69 Å². The van der Waals surface area contributed by atoms with E-state index >= 15 is 0 Å². The van der Waals surface area contributed by atoms with E-state index in [4.69, 9.17) is 16.7 Å². The predicted molar refractivity (Wildman–Crippen MR) is 110 cm³/mol. The van der Waals surface area contributed by atoms with Crippen LogP contribution in [0, 0.1) is 0 Å². The molecule has 0 aliphatic carbocycles. The number of hydrogen-bond donors (Lipinski definition) is 3. The van der Waals surface area contributed by atoms with Gasteiger partial charge in [0.25, 0.3) is 5.91 Å². The Morgan fingerprint density at radius 1 is 1.18 bits per heavy atom. The molecule has 7 nitrogen and oxygen atoms in total. The number of benzene rings is 2. The maximum Gasteiger partial charge on any atom is 0.282 e. The molecule has 28 heavy (non-hydrogen) atoms. The van der Waals surface area contributed by atoms with Crippen LogP contribution >= 0.6 is 11.6 Å². The van der Waals surface area contributed by atoms with E-state index in [1.165, 1.54) is 17.0 Å². The molecule has 1 fully saturated rings. The van der Waals surface area contributed by atoms with Crippen molar-refractivity contribution in [2.45, 2.75) is 17.9 Å². The summed E-state index contributed by atoms with van der Waals surface area (Å²) in [5.74, 6) is -0.159. The summed E-state index contributed by atoms with van der Waals surface area (Å²) in [6.45, 7) is 5.09. The minimum atomic E-state index is -3.81. The summed E-state index contributed by atoms with van der Waals surface area (Å²) in [6.07, 6.45) is 0. The highest BCUT2D eigenvalue weighted by atomic mass is 35.5. The Morgan fingerprint density at radius 2 is 1.86 bits per heavy atom. The van der Waals surface area contributed by atoms with Gasteiger partial charge in [-0.3, -0.25) is 4.79 Å².